The standard InChI is InChI=1S/C15H22BrN3O/c1-4-6-19(7-5-2)13-9-12-10(8-11(13)16)14(17-3)15(20)18-12/h8-9,14,17H,4-7H2,1-3H3,(H,18,20). The monoisotopic (exact) mass is 339 g/mol. The van der Waals surface area contributed by atoms with Crippen LogP contribution in [0.3, 0.4) is 0 Å². The number of nitrogens with zero attached hydrogens (tertiary/aromatic N) is 1. The lowest BCUT2D eigenvalue weighted by molar-refractivity contribution is -0.117. The Hall–Kier alpha value is -1.07. The Morgan fingerprint density at radius 2 is 1.95 bits per heavy atom. The topological polar surface area (TPSA) is 44.4 Å². The molecule has 1 unspecified atom stereocenters. The Balaban J connectivity index is 2.38. The summed E-state index contributed by atoms with van der Waals surface area (Å²) in [6, 6.07) is 3.89. The molecule has 0 saturated carbocycles. The predicted octanol–water partition coefficient (Wildman–Crippen LogP) is 3.29. The first-order valence-corrected chi connectivity index (χ1v) is 7.98. The Morgan fingerprint density at radius 3 is 2.50 bits per heavy atom. The van der Waals surface area contributed by atoms with Crippen LogP contribution in [0.1, 0.15) is 38.3 Å². The van der Waals surface area contributed by atoms with Crippen molar-refractivity contribution in [2.45, 2.75) is 32.7 Å². The second kappa shape index (κ2) is 6.59. The van der Waals surface area contributed by atoms with E-state index in [-0.39, 0.29) is 11.9 Å². The van der Waals surface area contributed by atoms with Gasteiger partial charge in [-0.3, -0.25) is 4.79 Å². The molecule has 0 spiro atoms. The van der Waals surface area contributed by atoms with Crippen LogP contribution in [0.15, 0.2) is 16.6 Å². The van der Waals surface area contributed by atoms with Crippen molar-refractivity contribution < 1.29 is 4.79 Å². The van der Waals surface area contributed by atoms with Crippen molar-refractivity contribution in [3.8, 4) is 0 Å². The first kappa shape index (κ1) is 15.3. The second-order valence-corrected chi connectivity index (χ2v) is 5.94. The molecular weight excluding hydrogens is 318 g/mol. The maximum absolute atomic E-state index is 11.9. The fraction of sp³-hybridized carbons (Fsp3) is 0.533. The second-order valence-electron chi connectivity index (χ2n) is 5.09. The number of rotatable bonds is 6. The van der Waals surface area contributed by atoms with Gasteiger partial charge in [0.15, 0.2) is 0 Å². The van der Waals surface area contributed by atoms with Gasteiger partial charge < -0.3 is 15.5 Å². The van der Waals surface area contributed by atoms with Crippen LogP contribution in [0.2, 0.25) is 0 Å². The summed E-state index contributed by atoms with van der Waals surface area (Å²) in [5, 5.41) is 6.01. The molecule has 1 heterocycles. The third kappa shape index (κ3) is 2.83. The minimum absolute atomic E-state index is 0.0177. The van der Waals surface area contributed by atoms with Crippen molar-refractivity contribution in [1.82, 2.24) is 5.32 Å². The predicted molar refractivity (Wildman–Crippen MR) is 87.4 cm³/mol. The molecule has 0 aromatic heterocycles. The molecule has 1 amide bonds. The van der Waals surface area contributed by atoms with E-state index in [1.54, 1.807) is 0 Å². The maximum Gasteiger partial charge on any atom is 0.246 e. The van der Waals surface area contributed by atoms with Crippen LogP contribution in [-0.2, 0) is 4.79 Å². The van der Waals surface area contributed by atoms with Crippen molar-refractivity contribution in [3.05, 3.63) is 22.2 Å². The number of anilines is 2. The largest absolute Gasteiger partial charge is 0.371 e. The highest BCUT2D eigenvalue weighted by Crippen LogP contribution is 2.39. The molecule has 20 heavy (non-hydrogen) atoms. The van der Waals surface area contributed by atoms with Gasteiger partial charge in [0.2, 0.25) is 5.91 Å². The number of nitrogens with one attached hydrogen (secondary N) is 2. The highest BCUT2D eigenvalue weighted by Gasteiger charge is 2.30. The fourth-order valence-corrected chi connectivity index (χ4v) is 3.30. The summed E-state index contributed by atoms with van der Waals surface area (Å²) >= 11 is 3.66. The van der Waals surface area contributed by atoms with Gasteiger partial charge >= 0.3 is 0 Å². The summed E-state index contributed by atoms with van der Waals surface area (Å²) in [4.78, 5) is 14.3. The number of hydrogen-bond acceptors (Lipinski definition) is 3. The molecule has 1 atom stereocenters. The first-order chi connectivity index (χ1) is 9.62. The van der Waals surface area contributed by atoms with Gasteiger partial charge in [0.1, 0.15) is 6.04 Å². The molecule has 0 aliphatic carbocycles. The van der Waals surface area contributed by atoms with Gasteiger partial charge in [-0.05, 0) is 48.0 Å². The van der Waals surface area contributed by atoms with Gasteiger partial charge in [0.25, 0.3) is 0 Å². The minimum Gasteiger partial charge on any atom is -0.371 e. The molecule has 0 fully saturated rings. The first-order valence-electron chi connectivity index (χ1n) is 7.18. The van der Waals surface area contributed by atoms with Crippen LogP contribution < -0.4 is 15.5 Å². The average molecular weight is 340 g/mol. The summed E-state index contributed by atoms with van der Waals surface area (Å²) in [6.07, 6.45) is 2.21. The van der Waals surface area contributed by atoms with Gasteiger partial charge in [-0.2, -0.15) is 0 Å². The molecular formula is C15H22BrN3O. The molecule has 1 aromatic carbocycles. The van der Waals surface area contributed by atoms with Crippen molar-refractivity contribution >= 4 is 33.2 Å². The van der Waals surface area contributed by atoms with E-state index >= 15 is 0 Å². The molecule has 4 nitrogen and oxygen atoms in total. The maximum atomic E-state index is 11.9. The van der Waals surface area contributed by atoms with Crippen molar-refractivity contribution in [2.75, 3.05) is 30.4 Å². The summed E-state index contributed by atoms with van der Waals surface area (Å²) in [5.41, 5.74) is 3.09. The quantitative estimate of drug-likeness (QED) is 0.835. The van der Waals surface area contributed by atoms with E-state index in [0.29, 0.717) is 0 Å². The molecule has 0 saturated heterocycles. The van der Waals surface area contributed by atoms with Gasteiger partial charge in [0, 0.05) is 28.8 Å². The summed E-state index contributed by atoms with van der Waals surface area (Å²) in [5.74, 6) is 0.0177. The van der Waals surface area contributed by atoms with Crippen LogP contribution in [0.25, 0.3) is 0 Å². The number of likely N-dealkylation sites (N-methyl/N-ethyl adjacent to an activating group) is 1. The lowest BCUT2D eigenvalue weighted by Crippen LogP contribution is -2.25. The molecule has 2 N–H and O–H groups in total. The Labute approximate surface area is 129 Å². The van der Waals surface area contributed by atoms with Gasteiger partial charge in [-0.15, -0.1) is 0 Å². The normalized spacial score (nSPS) is 17.0. The molecule has 110 valence electrons. The highest BCUT2D eigenvalue weighted by atomic mass is 79.9. The zero-order valence-corrected chi connectivity index (χ0v) is 13.9. The third-order valence-electron chi connectivity index (χ3n) is 3.57. The van der Waals surface area contributed by atoms with Crippen LogP contribution in [-0.4, -0.2) is 26.0 Å². The van der Waals surface area contributed by atoms with E-state index in [9.17, 15) is 4.79 Å². The molecule has 1 aromatic rings. The Morgan fingerprint density at radius 1 is 1.30 bits per heavy atom. The molecule has 0 bridgehead atoms. The Kier molecular flexibility index (Phi) is 5.05. The lowest BCUT2D eigenvalue weighted by atomic mass is 10.1. The summed E-state index contributed by atoms with van der Waals surface area (Å²) < 4.78 is 1.05. The smallest absolute Gasteiger partial charge is 0.246 e. The van der Waals surface area contributed by atoms with Crippen LogP contribution >= 0.6 is 15.9 Å². The molecule has 5 heteroatoms. The van der Waals surface area contributed by atoms with E-state index in [2.05, 4.69) is 57.4 Å². The van der Waals surface area contributed by atoms with E-state index in [4.69, 9.17) is 0 Å². The molecule has 0 radical (unpaired) electrons. The fourth-order valence-electron chi connectivity index (χ4n) is 2.69. The molecule has 1 aliphatic heterocycles. The Bertz CT molecular complexity index is 498. The number of carbonyl (C=O) groups excluding carboxylic acids is 1. The number of hydrogen-bond donors (Lipinski definition) is 2. The SMILES string of the molecule is CCCN(CCC)c1cc2c(cc1Br)C(NC)C(=O)N2. The van der Waals surface area contributed by atoms with Crippen molar-refractivity contribution in [3.63, 3.8) is 0 Å². The number of benzene rings is 1. The van der Waals surface area contributed by atoms with Crippen LogP contribution in [0.4, 0.5) is 11.4 Å². The molecule has 2 rings (SSSR count). The average Bonchev–Trinajstić information content (AvgIpc) is 2.72. The lowest BCUT2D eigenvalue weighted by Gasteiger charge is -2.26. The summed E-state index contributed by atoms with van der Waals surface area (Å²) in [7, 11) is 1.81. The van der Waals surface area contributed by atoms with Crippen LogP contribution in [0, 0.1) is 0 Å². The zero-order chi connectivity index (χ0) is 14.7. The highest BCUT2D eigenvalue weighted by molar-refractivity contribution is 9.10. The zero-order valence-electron chi connectivity index (χ0n) is 12.3. The van der Waals surface area contributed by atoms with E-state index in [1.807, 2.05) is 7.05 Å². The number of fused-ring (bicyclic) bond motifs is 1. The number of carbonyl (C=O) groups is 1. The van der Waals surface area contributed by atoms with Gasteiger partial charge in [-0.25, -0.2) is 0 Å². The number of halogens is 1. The van der Waals surface area contributed by atoms with Gasteiger partial charge in [-0.1, -0.05) is 13.8 Å². The third-order valence-corrected chi connectivity index (χ3v) is 4.20. The van der Waals surface area contributed by atoms with E-state index in [1.165, 1.54) is 0 Å². The van der Waals surface area contributed by atoms with Gasteiger partial charge in [0.05, 0.1) is 5.69 Å². The van der Waals surface area contributed by atoms with E-state index in [0.717, 1.165) is 47.3 Å². The van der Waals surface area contributed by atoms with E-state index < -0.39 is 0 Å². The van der Waals surface area contributed by atoms with Crippen molar-refractivity contribution in [2.24, 2.45) is 0 Å². The van der Waals surface area contributed by atoms with Crippen LogP contribution in [0.5, 0.6) is 0 Å². The minimum atomic E-state index is -0.249. The number of amides is 1. The molecule has 1 aliphatic rings. The van der Waals surface area contributed by atoms with Crippen molar-refractivity contribution in [1.29, 1.82) is 0 Å². The summed E-state index contributed by atoms with van der Waals surface area (Å²) in [6.45, 7) is 6.41.